The highest BCUT2D eigenvalue weighted by molar-refractivity contribution is 5.80. The van der Waals surface area contributed by atoms with Crippen LogP contribution in [0.15, 0.2) is 43.0 Å². The fourth-order valence-corrected chi connectivity index (χ4v) is 4.47. The Hall–Kier alpha value is -4.49. The minimum Gasteiger partial charge on any atom is -0.480 e. The molecule has 4 heterocycles. The molecular weight excluding hydrogens is 523 g/mol. The molecule has 6 rings (SSSR count). The van der Waals surface area contributed by atoms with Crippen LogP contribution < -0.4 is 4.74 Å². The largest absolute Gasteiger partial charge is 0.480 e. The van der Waals surface area contributed by atoms with Crippen LogP contribution in [-0.4, -0.2) is 52.7 Å². The Morgan fingerprint density at radius 2 is 1.85 bits per heavy atom. The Morgan fingerprint density at radius 1 is 1.10 bits per heavy atom. The van der Waals surface area contributed by atoms with E-state index in [1.807, 2.05) is 0 Å². The summed E-state index contributed by atoms with van der Waals surface area (Å²) >= 11 is 0. The molecule has 0 amide bonds. The molecule has 9 nitrogen and oxygen atoms in total. The van der Waals surface area contributed by atoms with Crippen LogP contribution in [0.3, 0.4) is 0 Å². The van der Waals surface area contributed by atoms with Crippen LogP contribution in [-0.2, 0) is 19.6 Å². The van der Waals surface area contributed by atoms with Gasteiger partial charge in [-0.25, -0.2) is 33.7 Å². The molecule has 1 aromatic carbocycles. The molecule has 0 radical (unpaired) electrons. The van der Waals surface area contributed by atoms with Crippen LogP contribution in [0.2, 0.25) is 0 Å². The number of hydrogen-bond donors (Lipinski definition) is 1. The van der Waals surface area contributed by atoms with Crippen molar-refractivity contribution in [3.63, 3.8) is 0 Å². The third-order valence-electron chi connectivity index (χ3n) is 6.54. The highest BCUT2D eigenvalue weighted by Gasteiger charge is 2.59. The highest BCUT2D eigenvalue weighted by Crippen LogP contribution is 2.57. The monoisotopic (exact) mass is 542 g/mol. The van der Waals surface area contributed by atoms with Crippen molar-refractivity contribution < 1.29 is 26.7 Å². The number of rotatable bonds is 6. The van der Waals surface area contributed by atoms with Gasteiger partial charge in [-0.05, 0) is 5.56 Å². The molecule has 1 saturated carbocycles. The van der Waals surface area contributed by atoms with Gasteiger partial charge in [0.2, 0.25) is 5.88 Å². The zero-order valence-corrected chi connectivity index (χ0v) is 20.5. The number of hydrogen-bond acceptors (Lipinski definition) is 7. The van der Waals surface area contributed by atoms with Gasteiger partial charge in [-0.1, -0.05) is 24.3 Å². The van der Waals surface area contributed by atoms with E-state index in [1.54, 1.807) is 24.3 Å². The maximum Gasteiger partial charge on any atom is 0.434 e. The predicted octanol–water partition coefficient (Wildman–Crippen LogP) is 4.95. The number of ether oxygens (including phenoxy) is 1. The van der Waals surface area contributed by atoms with E-state index < -0.39 is 23.7 Å². The van der Waals surface area contributed by atoms with Crippen LogP contribution in [0.5, 0.6) is 5.88 Å². The summed E-state index contributed by atoms with van der Waals surface area (Å²) in [5.74, 6) is -3.53. The van der Waals surface area contributed by atoms with Gasteiger partial charge in [0, 0.05) is 31.6 Å². The molecule has 200 valence electrons. The van der Waals surface area contributed by atoms with E-state index in [-0.39, 0.29) is 35.2 Å². The smallest absolute Gasteiger partial charge is 0.434 e. The summed E-state index contributed by atoms with van der Waals surface area (Å²) in [6.45, 7) is 0. The fraction of sp³-hybridized carbons (Fsp3) is 0.280. The molecule has 5 aromatic rings. The summed E-state index contributed by atoms with van der Waals surface area (Å²) in [5.41, 5.74) is 2.27. The molecule has 1 unspecified atom stereocenters. The lowest BCUT2D eigenvalue weighted by molar-refractivity contribution is -0.140. The third kappa shape index (κ3) is 4.45. The molecule has 0 spiro atoms. The van der Waals surface area contributed by atoms with Gasteiger partial charge >= 0.3 is 6.18 Å². The van der Waals surface area contributed by atoms with Crippen LogP contribution in [0.4, 0.5) is 22.0 Å². The van der Waals surface area contributed by atoms with Crippen molar-refractivity contribution in [2.75, 3.05) is 7.11 Å². The van der Waals surface area contributed by atoms with Crippen LogP contribution in [0.1, 0.15) is 35.0 Å². The molecule has 4 aromatic heterocycles. The maximum absolute atomic E-state index is 13.9. The lowest BCUT2D eigenvalue weighted by Crippen LogP contribution is -2.05. The third-order valence-corrected chi connectivity index (χ3v) is 6.54. The van der Waals surface area contributed by atoms with Crippen molar-refractivity contribution in [3.8, 4) is 28.7 Å². The van der Waals surface area contributed by atoms with Gasteiger partial charge in [0.25, 0.3) is 5.92 Å². The van der Waals surface area contributed by atoms with Gasteiger partial charge in [0.1, 0.15) is 28.7 Å². The number of imidazole rings is 1. The quantitative estimate of drug-likeness (QED) is 0.303. The van der Waals surface area contributed by atoms with E-state index in [1.165, 1.54) is 31.2 Å². The first-order valence-electron chi connectivity index (χ1n) is 11.7. The minimum atomic E-state index is -4.53. The van der Waals surface area contributed by atoms with Gasteiger partial charge in [-0.3, -0.25) is 5.10 Å². The van der Waals surface area contributed by atoms with E-state index in [0.29, 0.717) is 28.7 Å². The normalized spacial score (nSPS) is 16.5. The van der Waals surface area contributed by atoms with Crippen molar-refractivity contribution in [1.29, 1.82) is 0 Å². The molecule has 0 bridgehead atoms. The summed E-state index contributed by atoms with van der Waals surface area (Å²) in [5, 5.41) is 7.20. The van der Waals surface area contributed by atoms with Crippen molar-refractivity contribution >= 4 is 11.0 Å². The van der Waals surface area contributed by atoms with E-state index in [4.69, 9.17) is 4.74 Å². The average molecular weight is 542 g/mol. The number of fused-ring (bicyclic) bond motifs is 1. The highest BCUT2D eigenvalue weighted by atomic mass is 19.4. The first kappa shape index (κ1) is 24.8. The van der Waals surface area contributed by atoms with E-state index in [0.717, 1.165) is 11.8 Å². The van der Waals surface area contributed by atoms with Gasteiger partial charge in [-0.2, -0.15) is 18.3 Å². The fourth-order valence-electron chi connectivity index (χ4n) is 4.47. The van der Waals surface area contributed by atoms with Gasteiger partial charge in [0.05, 0.1) is 30.6 Å². The maximum atomic E-state index is 13.9. The van der Waals surface area contributed by atoms with Crippen LogP contribution in [0, 0.1) is 0 Å². The number of methoxy groups -OCH3 is 1. The number of nitrogens with zero attached hydrogens (tertiary/aromatic N) is 7. The molecule has 14 heteroatoms. The topological polar surface area (TPSA) is 107 Å². The van der Waals surface area contributed by atoms with Crippen molar-refractivity contribution in [2.45, 2.75) is 30.9 Å². The zero-order chi connectivity index (χ0) is 27.5. The van der Waals surface area contributed by atoms with Crippen molar-refractivity contribution in [3.05, 3.63) is 65.6 Å². The standard InChI is InChI=1S/C25H19F5N8O/c1-38-10-17(25(28,29)30)34-22(38)13-5-3-12(4-6-13)7-15-20-16(37-36-15)9-31-21(35-20)18-19(14-8-24(14,26)27)32-11-33-23(18)39-2/h3-6,9-11,14H,7-8H2,1-2H3,(H,36,37). The molecule has 1 aliphatic carbocycles. The molecular formula is C25H19F5N8O. The Morgan fingerprint density at radius 3 is 2.49 bits per heavy atom. The Bertz CT molecular complexity index is 1690. The Balaban J connectivity index is 1.32. The number of alkyl halides is 5. The molecule has 1 atom stereocenters. The number of halogens is 5. The second-order valence-electron chi connectivity index (χ2n) is 9.22. The SMILES string of the molecule is COc1ncnc(C2CC2(F)F)c1-c1ncc2[nH]nc(Cc3ccc(-c4nc(C(F)(F)F)cn4C)cc3)c2n1. The number of nitrogens with one attached hydrogen (secondary N) is 1. The van der Waals surface area contributed by atoms with E-state index in [2.05, 4.69) is 35.1 Å². The number of aromatic nitrogens is 8. The second-order valence-corrected chi connectivity index (χ2v) is 9.22. The molecule has 0 aliphatic heterocycles. The first-order chi connectivity index (χ1) is 18.5. The van der Waals surface area contributed by atoms with Gasteiger partial charge in [0.15, 0.2) is 11.5 Å². The summed E-state index contributed by atoms with van der Waals surface area (Å²) in [6.07, 6.45) is -0.913. The molecule has 1 N–H and O–H groups in total. The summed E-state index contributed by atoms with van der Waals surface area (Å²) < 4.78 is 73.6. The molecule has 1 fully saturated rings. The van der Waals surface area contributed by atoms with Gasteiger partial charge < -0.3 is 9.30 Å². The van der Waals surface area contributed by atoms with Crippen molar-refractivity contribution in [1.82, 2.24) is 39.7 Å². The average Bonchev–Trinajstić information content (AvgIpc) is 3.19. The number of benzene rings is 1. The molecule has 39 heavy (non-hydrogen) atoms. The lowest BCUT2D eigenvalue weighted by atomic mass is 10.1. The predicted molar refractivity (Wildman–Crippen MR) is 128 cm³/mol. The minimum absolute atomic E-state index is 0.0886. The summed E-state index contributed by atoms with van der Waals surface area (Å²) in [4.78, 5) is 20.8. The zero-order valence-electron chi connectivity index (χ0n) is 20.5. The molecule has 0 saturated heterocycles. The lowest BCUT2D eigenvalue weighted by Gasteiger charge is -2.10. The van der Waals surface area contributed by atoms with Crippen LogP contribution in [0.25, 0.3) is 33.8 Å². The number of aryl methyl sites for hydroxylation is 1. The van der Waals surface area contributed by atoms with E-state index in [9.17, 15) is 22.0 Å². The summed E-state index contributed by atoms with van der Waals surface area (Å²) in [6, 6.07) is 6.89. The van der Waals surface area contributed by atoms with E-state index >= 15 is 0 Å². The second kappa shape index (κ2) is 8.78. The van der Waals surface area contributed by atoms with Crippen LogP contribution >= 0.6 is 0 Å². The Labute approximate surface area is 217 Å². The molecule has 1 aliphatic rings. The number of H-pyrrole nitrogens is 1. The van der Waals surface area contributed by atoms with Crippen molar-refractivity contribution in [2.24, 2.45) is 7.05 Å². The number of aromatic amines is 1. The summed E-state index contributed by atoms with van der Waals surface area (Å²) in [7, 11) is 2.88. The first-order valence-corrected chi connectivity index (χ1v) is 11.7. The Kier molecular flexibility index (Phi) is 5.59. The van der Waals surface area contributed by atoms with Gasteiger partial charge in [-0.15, -0.1) is 0 Å².